The molecule has 1 aromatic carbocycles. The molecule has 0 saturated heterocycles. The summed E-state index contributed by atoms with van der Waals surface area (Å²) in [6.45, 7) is 0.672. The first-order chi connectivity index (χ1) is 7.56. The number of methoxy groups -OCH3 is 1. The first-order valence-electron chi connectivity index (χ1n) is 4.89. The first kappa shape index (κ1) is 22.9. The third-order valence-corrected chi connectivity index (χ3v) is 2.07. The summed E-state index contributed by atoms with van der Waals surface area (Å²) in [5, 5.41) is 0. The van der Waals surface area contributed by atoms with Gasteiger partial charge in [-0.3, -0.25) is 4.79 Å². The van der Waals surface area contributed by atoms with Crippen LogP contribution in [0.3, 0.4) is 0 Å². The van der Waals surface area contributed by atoms with E-state index in [0.29, 0.717) is 17.7 Å². The minimum absolute atomic E-state index is 0. The van der Waals surface area contributed by atoms with Crippen molar-refractivity contribution < 1.29 is 42.3 Å². The molecule has 0 heterocycles. The zero-order valence-corrected chi connectivity index (χ0v) is 12.1. The van der Waals surface area contributed by atoms with Crippen molar-refractivity contribution in [1.29, 1.82) is 0 Å². The summed E-state index contributed by atoms with van der Waals surface area (Å²) in [6.07, 6.45) is 0.728. The standard InChI is InChI=1S/C12H15NO3.Mn.2O/c1-13(2)7-9-4-10(8-14)6-11(5-9)12(15)16-3;;;/h4-6,8H,7H2,1-3H3;;;/q;;2*-2. The molecule has 0 atom stereocenters. The number of hydrogen-bond acceptors (Lipinski definition) is 4. The largest absolute Gasteiger partial charge is 2.00 e. The van der Waals surface area contributed by atoms with E-state index in [9.17, 15) is 9.59 Å². The third-order valence-electron chi connectivity index (χ3n) is 2.07. The second kappa shape index (κ2) is 10.7. The molecule has 0 fully saturated rings. The number of carbonyl (C=O) groups excluding carboxylic acids is 2. The van der Waals surface area contributed by atoms with Gasteiger partial charge in [-0.1, -0.05) is 0 Å². The van der Waals surface area contributed by atoms with Gasteiger partial charge in [-0.2, -0.15) is 0 Å². The molecule has 0 unspecified atom stereocenters. The molecule has 0 amide bonds. The predicted molar refractivity (Wildman–Crippen MR) is 61.9 cm³/mol. The Kier molecular flexibility index (Phi) is 12.8. The number of nitrogens with zero attached hydrogens (tertiary/aromatic N) is 1. The summed E-state index contributed by atoms with van der Waals surface area (Å²) in [5.41, 5.74) is 1.80. The maximum Gasteiger partial charge on any atom is 0.337 e. The number of esters is 1. The molecule has 1 rings (SSSR count). The minimum Gasteiger partial charge on any atom is -2.00 e. The van der Waals surface area contributed by atoms with Gasteiger partial charge in [0.25, 0.3) is 0 Å². The third kappa shape index (κ3) is 7.05. The van der Waals surface area contributed by atoms with E-state index in [1.54, 1.807) is 12.1 Å². The minimum atomic E-state index is -0.427. The van der Waals surface area contributed by atoms with Gasteiger partial charge in [0.1, 0.15) is 6.29 Å². The average Bonchev–Trinajstić information content (AvgIpc) is 2.26. The van der Waals surface area contributed by atoms with Crippen molar-refractivity contribution in [2.24, 2.45) is 0 Å². The van der Waals surface area contributed by atoms with Gasteiger partial charge >= 0.3 is 5.97 Å². The number of aldehydes is 1. The van der Waals surface area contributed by atoms with Crippen LogP contribution in [0.2, 0.25) is 0 Å². The smallest absolute Gasteiger partial charge is 0.337 e. The van der Waals surface area contributed by atoms with Crippen LogP contribution in [0.15, 0.2) is 18.2 Å². The Morgan fingerprint density at radius 3 is 2.26 bits per heavy atom. The van der Waals surface area contributed by atoms with Crippen molar-refractivity contribution in [1.82, 2.24) is 4.90 Å². The van der Waals surface area contributed by atoms with Gasteiger partial charge in [-0.15, -0.1) is 0 Å². The van der Waals surface area contributed by atoms with Crippen molar-refractivity contribution >= 4 is 12.3 Å². The summed E-state index contributed by atoms with van der Waals surface area (Å²) in [5.74, 6) is -0.427. The molecule has 6 nitrogen and oxygen atoms in total. The summed E-state index contributed by atoms with van der Waals surface area (Å²) in [7, 11) is 5.17. The van der Waals surface area contributed by atoms with Crippen LogP contribution in [0, 0.1) is 0 Å². The van der Waals surface area contributed by atoms with Gasteiger partial charge in [0.05, 0.1) is 12.7 Å². The average molecular weight is 308 g/mol. The molecule has 0 aliphatic carbocycles. The summed E-state index contributed by atoms with van der Waals surface area (Å²) < 4.78 is 4.63. The zero-order valence-electron chi connectivity index (χ0n) is 10.9. The van der Waals surface area contributed by atoms with Crippen LogP contribution in [0.4, 0.5) is 0 Å². The van der Waals surface area contributed by atoms with Crippen molar-refractivity contribution in [3.63, 3.8) is 0 Å². The van der Waals surface area contributed by atoms with E-state index in [1.807, 2.05) is 19.0 Å². The van der Waals surface area contributed by atoms with Crippen molar-refractivity contribution in [3.05, 3.63) is 34.9 Å². The van der Waals surface area contributed by atoms with Crippen LogP contribution < -0.4 is 0 Å². The molecule has 0 spiro atoms. The van der Waals surface area contributed by atoms with Gasteiger partial charge in [-0.25, -0.2) is 4.79 Å². The molecular weight excluding hydrogens is 293 g/mol. The van der Waals surface area contributed by atoms with Crippen LogP contribution >= 0.6 is 0 Å². The molecule has 0 bridgehead atoms. The van der Waals surface area contributed by atoms with E-state index in [4.69, 9.17) is 0 Å². The predicted octanol–water partition coefficient (Wildman–Crippen LogP) is 1.11. The maximum absolute atomic E-state index is 11.4. The molecule has 7 heteroatoms. The Morgan fingerprint density at radius 2 is 1.84 bits per heavy atom. The maximum atomic E-state index is 11.4. The van der Waals surface area contributed by atoms with Gasteiger partial charge in [-0.05, 0) is 37.9 Å². The Labute approximate surface area is 122 Å². The first-order valence-corrected chi connectivity index (χ1v) is 4.89. The van der Waals surface area contributed by atoms with E-state index in [0.717, 1.165) is 11.8 Å². The van der Waals surface area contributed by atoms with Crippen LogP contribution in [-0.4, -0.2) is 38.4 Å². The number of rotatable bonds is 4. The molecular formula is C12H15MnNO5-4. The summed E-state index contributed by atoms with van der Waals surface area (Å²) in [4.78, 5) is 24.1. The van der Waals surface area contributed by atoms with Gasteiger partial charge in [0.2, 0.25) is 0 Å². The molecule has 1 aromatic rings. The number of benzene rings is 1. The van der Waals surface area contributed by atoms with Gasteiger partial charge in [0.15, 0.2) is 0 Å². The summed E-state index contributed by atoms with van der Waals surface area (Å²) in [6, 6.07) is 5.02. The normalized spacial score (nSPS) is 8.63. The molecule has 0 aliphatic rings. The quantitative estimate of drug-likeness (QED) is 0.472. The fourth-order valence-electron chi connectivity index (χ4n) is 1.48. The SMILES string of the molecule is COC(=O)c1cc(C=O)cc(CN(C)C)c1.[Mn].[O-2].[O-2]. The summed E-state index contributed by atoms with van der Waals surface area (Å²) >= 11 is 0. The fraction of sp³-hybridized carbons (Fsp3) is 0.333. The number of carbonyl (C=O) groups is 2. The molecule has 0 aliphatic heterocycles. The Morgan fingerprint density at radius 1 is 1.26 bits per heavy atom. The van der Waals surface area contributed by atoms with Crippen LogP contribution in [0.1, 0.15) is 26.3 Å². The Hall–Kier alpha value is -1.24. The van der Waals surface area contributed by atoms with E-state index >= 15 is 0 Å². The Balaban J connectivity index is -0.000000853. The topological polar surface area (TPSA) is 104 Å². The molecule has 1 radical (unpaired) electrons. The number of ether oxygens (including phenoxy) is 1. The van der Waals surface area contributed by atoms with Crippen LogP contribution in [0.25, 0.3) is 0 Å². The molecule has 19 heavy (non-hydrogen) atoms. The van der Waals surface area contributed by atoms with E-state index < -0.39 is 5.97 Å². The van der Waals surface area contributed by atoms with Crippen molar-refractivity contribution in [3.8, 4) is 0 Å². The van der Waals surface area contributed by atoms with Crippen molar-refractivity contribution in [2.75, 3.05) is 21.2 Å². The van der Waals surface area contributed by atoms with Crippen LogP contribution in [-0.2, 0) is 39.3 Å². The second-order valence-electron chi connectivity index (χ2n) is 3.81. The van der Waals surface area contributed by atoms with Gasteiger partial charge < -0.3 is 20.6 Å². The molecule has 0 saturated carbocycles. The van der Waals surface area contributed by atoms with Gasteiger partial charge in [0, 0.05) is 29.2 Å². The number of hydrogen-bond donors (Lipinski definition) is 0. The fourth-order valence-corrected chi connectivity index (χ4v) is 1.48. The second-order valence-corrected chi connectivity index (χ2v) is 3.81. The van der Waals surface area contributed by atoms with Crippen molar-refractivity contribution in [2.45, 2.75) is 6.54 Å². The zero-order chi connectivity index (χ0) is 12.1. The Bertz CT molecular complexity index is 409. The van der Waals surface area contributed by atoms with E-state index in [2.05, 4.69) is 4.74 Å². The van der Waals surface area contributed by atoms with E-state index in [-0.39, 0.29) is 28.0 Å². The monoisotopic (exact) mass is 308 g/mol. The molecule has 109 valence electrons. The molecule has 0 N–H and O–H groups in total. The molecule has 0 aromatic heterocycles. The van der Waals surface area contributed by atoms with Crippen LogP contribution in [0.5, 0.6) is 0 Å². The van der Waals surface area contributed by atoms with E-state index in [1.165, 1.54) is 13.2 Å².